The van der Waals surface area contributed by atoms with Crippen LogP contribution in [0.4, 0.5) is 0 Å². The summed E-state index contributed by atoms with van der Waals surface area (Å²) in [6, 6.07) is 17.2. The molecule has 6 unspecified atom stereocenters. The van der Waals surface area contributed by atoms with Gasteiger partial charge in [-0.15, -0.1) is 0 Å². The monoisotopic (exact) mass is 626 g/mol. The number of fused-ring (bicyclic) bond motifs is 6. The molecule has 240 valence electrons. The van der Waals surface area contributed by atoms with Crippen LogP contribution in [-0.4, -0.2) is 70.7 Å². The van der Waals surface area contributed by atoms with Gasteiger partial charge in [-0.3, -0.25) is 29.0 Å². The van der Waals surface area contributed by atoms with Crippen molar-refractivity contribution in [2.45, 2.75) is 51.7 Å². The van der Waals surface area contributed by atoms with E-state index in [1.165, 1.54) is 9.80 Å². The maximum absolute atomic E-state index is 13.5. The third kappa shape index (κ3) is 5.11. The van der Waals surface area contributed by atoms with Gasteiger partial charge in [0.2, 0.25) is 23.6 Å². The van der Waals surface area contributed by atoms with Gasteiger partial charge < -0.3 is 9.47 Å². The highest BCUT2D eigenvalue weighted by Gasteiger charge is 2.65. The first-order chi connectivity index (χ1) is 22.1. The smallest absolute Gasteiger partial charge is 0.338 e. The molecule has 46 heavy (non-hydrogen) atoms. The Hall–Kier alpha value is -4.34. The maximum Gasteiger partial charge on any atom is 0.338 e. The van der Waals surface area contributed by atoms with E-state index >= 15 is 0 Å². The molecule has 2 heterocycles. The summed E-state index contributed by atoms with van der Waals surface area (Å²) in [5.74, 6) is -2.47. The summed E-state index contributed by atoms with van der Waals surface area (Å²) in [4.78, 5) is 81.5. The highest BCUT2D eigenvalue weighted by molar-refractivity contribution is 6.06. The minimum atomic E-state index is -0.649. The number of hydrogen-bond acceptors (Lipinski definition) is 8. The number of likely N-dealkylation sites (tertiary alicyclic amines) is 2. The number of carbonyl (C=O) groups excluding carboxylic acids is 6. The van der Waals surface area contributed by atoms with Crippen molar-refractivity contribution in [1.82, 2.24) is 9.80 Å². The maximum atomic E-state index is 13.5. The number of imide groups is 2. The lowest BCUT2D eigenvalue weighted by Crippen LogP contribution is -2.56. The lowest BCUT2D eigenvalue weighted by molar-refractivity contribution is -0.152. The van der Waals surface area contributed by atoms with Gasteiger partial charge in [0.1, 0.15) is 12.2 Å². The van der Waals surface area contributed by atoms with Crippen molar-refractivity contribution in [3.8, 4) is 0 Å². The molecule has 4 amide bonds. The van der Waals surface area contributed by atoms with Crippen LogP contribution in [0.5, 0.6) is 0 Å². The van der Waals surface area contributed by atoms with Gasteiger partial charge >= 0.3 is 11.9 Å². The van der Waals surface area contributed by atoms with Gasteiger partial charge in [-0.1, -0.05) is 36.4 Å². The second-order valence-electron chi connectivity index (χ2n) is 13.8. The average molecular weight is 627 g/mol. The predicted octanol–water partition coefficient (Wildman–Crippen LogP) is 3.75. The molecule has 3 saturated carbocycles. The van der Waals surface area contributed by atoms with Crippen LogP contribution in [0, 0.1) is 47.3 Å². The van der Waals surface area contributed by atoms with Crippen molar-refractivity contribution >= 4 is 35.6 Å². The van der Waals surface area contributed by atoms with Crippen LogP contribution >= 0.6 is 0 Å². The molecule has 6 atom stereocenters. The summed E-state index contributed by atoms with van der Waals surface area (Å²) in [7, 11) is 0. The van der Waals surface area contributed by atoms with E-state index in [4.69, 9.17) is 9.47 Å². The number of nitrogens with zero attached hydrogens (tertiary/aromatic N) is 2. The fourth-order valence-electron chi connectivity index (χ4n) is 9.06. The highest BCUT2D eigenvalue weighted by atomic mass is 16.5. The minimum Gasteiger partial charge on any atom is -0.457 e. The van der Waals surface area contributed by atoms with E-state index in [2.05, 4.69) is 0 Å². The molecule has 2 saturated heterocycles. The molecule has 10 heteroatoms. The number of rotatable bonds is 8. The summed E-state index contributed by atoms with van der Waals surface area (Å²) >= 11 is 0. The molecule has 7 rings (SSSR count). The third-order valence-corrected chi connectivity index (χ3v) is 11.1. The van der Waals surface area contributed by atoms with Crippen LogP contribution in [-0.2, 0) is 28.7 Å². The Morgan fingerprint density at radius 3 is 1.13 bits per heavy atom. The number of ether oxygens (including phenoxy) is 2. The molecule has 0 bridgehead atoms. The molecule has 3 aliphatic carbocycles. The van der Waals surface area contributed by atoms with Gasteiger partial charge in [0.25, 0.3) is 0 Å². The topological polar surface area (TPSA) is 127 Å². The fraction of sp³-hybridized carbons (Fsp3) is 0.500. The lowest BCUT2D eigenvalue weighted by Gasteiger charge is -2.60. The summed E-state index contributed by atoms with van der Waals surface area (Å²) < 4.78 is 11.1. The lowest BCUT2D eigenvalue weighted by atomic mass is 9.43. The summed E-state index contributed by atoms with van der Waals surface area (Å²) in [6.07, 6.45) is 1.11. The molecule has 2 aromatic carbocycles. The summed E-state index contributed by atoms with van der Waals surface area (Å²) in [6.45, 7) is 3.42. The van der Waals surface area contributed by atoms with Crippen LogP contribution in [0.15, 0.2) is 60.7 Å². The van der Waals surface area contributed by atoms with E-state index in [1.54, 1.807) is 74.5 Å². The van der Waals surface area contributed by atoms with E-state index in [0.29, 0.717) is 36.8 Å². The van der Waals surface area contributed by atoms with Crippen molar-refractivity contribution in [2.24, 2.45) is 47.3 Å². The van der Waals surface area contributed by atoms with Gasteiger partial charge in [0, 0.05) is 0 Å². The normalized spacial score (nSPS) is 32.5. The largest absolute Gasteiger partial charge is 0.457 e. The van der Waals surface area contributed by atoms with E-state index in [1.807, 2.05) is 0 Å². The number of hydrogen-bond donors (Lipinski definition) is 0. The van der Waals surface area contributed by atoms with Crippen LogP contribution in [0.2, 0.25) is 0 Å². The zero-order chi connectivity index (χ0) is 32.3. The third-order valence-electron chi connectivity index (χ3n) is 11.1. The summed E-state index contributed by atoms with van der Waals surface area (Å²) in [5.41, 5.74) is 0.819. The highest BCUT2D eigenvalue weighted by Crippen LogP contribution is 2.64. The van der Waals surface area contributed by atoms with Gasteiger partial charge in [0.05, 0.1) is 47.9 Å². The van der Waals surface area contributed by atoms with Crippen molar-refractivity contribution < 1.29 is 38.2 Å². The molecule has 0 spiro atoms. The molecule has 2 aliphatic heterocycles. The Balaban J connectivity index is 0.964. The molecule has 0 radical (unpaired) electrons. The van der Waals surface area contributed by atoms with Crippen LogP contribution < -0.4 is 0 Å². The zero-order valence-corrected chi connectivity index (χ0v) is 26.0. The van der Waals surface area contributed by atoms with Crippen LogP contribution in [0.1, 0.15) is 60.2 Å². The van der Waals surface area contributed by atoms with Crippen LogP contribution in [0.3, 0.4) is 0 Å². The molecular weight excluding hydrogens is 588 g/mol. The number of esters is 2. The second kappa shape index (κ2) is 11.8. The minimum absolute atomic E-state index is 0.0213. The molecule has 5 fully saturated rings. The number of benzene rings is 2. The standard InChI is InChI=1S/C36H38N2O8/c1-19(45-35(43)21-9-5-3-6-10-21)17-37-31(39)27-13-23-24(14-28(27)32(37)40)26-16-30-29(15-25(23)26)33(41)38(34(30)42)18-20(2)46-36(44)22-11-7-4-8-12-22/h3-12,19-20,23-30H,13-18H2,1-2H3. The predicted molar refractivity (Wildman–Crippen MR) is 162 cm³/mol. The van der Waals surface area contributed by atoms with E-state index in [0.717, 1.165) is 0 Å². The van der Waals surface area contributed by atoms with Crippen molar-refractivity contribution in [3.05, 3.63) is 71.8 Å². The average Bonchev–Trinajstić information content (AvgIpc) is 3.42. The molecule has 0 N–H and O–H groups in total. The number of amides is 4. The summed E-state index contributed by atoms with van der Waals surface area (Å²) in [5, 5.41) is 0. The first kappa shape index (κ1) is 30.3. The van der Waals surface area contributed by atoms with Crippen molar-refractivity contribution in [2.75, 3.05) is 13.1 Å². The Bertz CT molecular complexity index is 1400. The molecular formula is C36H38N2O8. The van der Waals surface area contributed by atoms with Gasteiger partial charge in [-0.25, -0.2) is 9.59 Å². The van der Waals surface area contributed by atoms with Gasteiger partial charge in [-0.05, 0) is 87.5 Å². The van der Waals surface area contributed by atoms with E-state index < -0.39 is 47.8 Å². The fourth-order valence-corrected chi connectivity index (χ4v) is 9.06. The Labute approximate surface area is 267 Å². The molecule has 0 aromatic heterocycles. The van der Waals surface area contributed by atoms with Gasteiger partial charge in [-0.2, -0.15) is 0 Å². The first-order valence-corrected chi connectivity index (χ1v) is 16.3. The van der Waals surface area contributed by atoms with Gasteiger partial charge in [0.15, 0.2) is 0 Å². The Morgan fingerprint density at radius 1 is 0.565 bits per heavy atom. The molecule has 10 nitrogen and oxygen atoms in total. The van der Waals surface area contributed by atoms with Crippen molar-refractivity contribution in [3.63, 3.8) is 0 Å². The van der Waals surface area contributed by atoms with Crippen LogP contribution in [0.25, 0.3) is 0 Å². The molecule has 5 aliphatic rings. The second-order valence-corrected chi connectivity index (χ2v) is 13.8. The zero-order valence-electron chi connectivity index (χ0n) is 26.0. The Morgan fingerprint density at radius 2 is 0.848 bits per heavy atom. The molecule has 2 aromatic rings. The number of carbonyl (C=O) groups is 6. The Kier molecular flexibility index (Phi) is 7.77. The SMILES string of the molecule is CC(CN1C(=O)C2CC3C(CC2C1=O)C1CC2C(=O)N(CC(C)OC(=O)c4ccccc4)C(=O)C2CC31)OC(=O)c1ccccc1. The first-order valence-electron chi connectivity index (χ1n) is 16.3. The van der Waals surface area contributed by atoms with E-state index in [9.17, 15) is 28.8 Å². The quantitative estimate of drug-likeness (QED) is 0.320. The van der Waals surface area contributed by atoms with Crippen molar-refractivity contribution in [1.29, 1.82) is 0 Å². The van der Waals surface area contributed by atoms with E-state index in [-0.39, 0.29) is 60.4 Å².